The summed E-state index contributed by atoms with van der Waals surface area (Å²) >= 11 is 0. The van der Waals surface area contributed by atoms with E-state index in [2.05, 4.69) is 35.5 Å². The van der Waals surface area contributed by atoms with Crippen LogP contribution in [0.2, 0.25) is 0 Å². The van der Waals surface area contributed by atoms with Gasteiger partial charge in [0.25, 0.3) is 0 Å². The Kier molecular flexibility index (Phi) is 2.02. The van der Waals surface area contributed by atoms with Crippen molar-refractivity contribution >= 4 is 5.82 Å². The van der Waals surface area contributed by atoms with Crippen molar-refractivity contribution in [3.63, 3.8) is 0 Å². The molecule has 1 aliphatic heterocycles. The fourth-order valence-corrected chi connectivity index (χ4v) is 2.17. The van der Waals surface area contributed by atoms with E-state index in [9.17, 15) is 0 Å². The largest absolute Gasteiger partial charge is 0.363 e. The summed E-state index contributed by atoms with van der Waals surface area (Å²) in [7, 11) is 4.18. The van der Waals surface area contributed by atoms with Crippen molar-refractivity contribution in [2.24, 2.45) is 0 Å². The molecule has 0 bridgehead atoms. The number of hydrogen-bond acceptors (Lipinski definition) is 2. The van der Waals surface area contributed by atoms with Crippen molar-refractivity contribution in [1.29, 1.82) is 0 Å². The van der Waals surface area contributed by atoms with Crippen LogP contribution in [0.15, 0.2) is 0 Å². The van der Waals surface area contributed by atoms with Gasteiger partial charge in [-0.05, 0) is 19.8 Å². The molecule has 1 aliphatic rings. The quantitative estimate of drug-likeness (QED) is 0.653. The van der Waals surface area contributed by atoms with Gasteiger partial charge < -0.3 is 9.47 Å². The number of aryl methyl sites for hydroxylation is 2. The standard InChI is InChI=1S/C10H17N3/c1-8-10(12(2)3)13-7-5-4-6-9(13)11-8/h4-7H2,1-3H3. The molecule has 1 aromatic heterocycles. The number of fused-ring (bicyclic) bond motifs is 1. The third-order valence-corrected chi connectivity index (χ3v) is 2.64. The van der Waals surface area contributed by atoms with Crippen molar-refractivity contribution in [3.8, 4) is 0 Å². The predicted molar refractivity (Wildman–Crippen MR) is 54.2 cm³/mol. The Labute approximate surface area is 79.4 Å². The zero-order valence-electron chi connectivity index (χ0n) is 8.67. The van der Waals surface area contributed by atoms with Gasteiger partial charge in [0, 0.05) is 27.1 Å². The van der Waals surface area contributed by atoms with Gasteiger partial charge in [0.15, 0.2) is 0 Å². The molecule has 0 aromatic carbocycles. The minimum Gasteiger partial charge on any atom is -0.363 e. The van der Waals surface area contributed by atoms with Crippen molar-refractivity contribution in [1.82, 2.24) is 9.55 Å². The molecule has 0 fully saturated rings. The second-order valence-corrected chi connectivity index (χ2v) is 3.94. The van der Waals surface area contributed by atoms with Crippen LogP contribution >= 0.6 is 0 Å². The maximum Gasteiger partial charge on any atom is 0.131 e. The van der Waals surface area contributed by atoms with E-state index in [1.807, 2.05) is 0 Å². The van der Waals surface area contributed by atoms with Crippen LogP contribution < -0.4 is 4.90 Å². The number of aromatic nitrogens is 2. The normalized spacial score (nSPS) is 15.6. The van der Waals surface area contributed by atoms with E-state index < -0.39 is 0 Å². The molecule has 0 unspecified atom stereocenters. The van der Waals surface area contributed by atoms with Crippen molar-refractivity contribution in [3.05, 3.63) is 11.5 Å². The Hall–Kier alpha value is -0.990. The monoisotopic (exact) mass is 179 g/mol. The van der Waals surface area contributed by atoms with E-state index in [1.54, 1.807) is 0 Å². The molecule has 1 aromatic rings. The van der Waals surface area contributed by atoms with E-state index in [1.165, 1.54) is 30.2 Å². The fourth-order valence-electron chi connectivity index (χ4n) is 2.17. The number of imidazole rings is 1. The Morgan fingerprint density at radius 1 is 1.31 bits per heavy atom. The molecule has 13 heavy (non-hydrogen) atoms. The summed E-state index contributed by atoms with van der Waals surface area (Å²) < 4.78 is 2.36. The van der Waals surface area contributed by atoms with E-state index in [-0.39, 0.29) is 0 Å². The highest BCUT2D eigenvalue weighted by Crippen LogP contribution is 2.24. The molecule has 3 nitrogen and oxygen atoms in total. The number of nitrogens with zero attached hydrogens (tertiary/aromatic N) is 3. The van der Waals surface area contributed by atoms with Crippen LogP contribution in [0.5, 0.6) is 0 Å². The Bertz CT molecular complexity index is 312. The average Bonchev–Trinajstić information content (AvgIpc) is 2.39. The third kappa shape index (κ3) is 1.32. The molecule has 0 atom stereocenters. The first-order valence-electron chi connectivity index (χ1n) is 4.93. The van der Waals surface area contributed by atoms with E-state index in [0.29, 0.717) is 0 Å². The van der Waals surface area contributed by atoms with Gasteiger partial charge >= 0.3 is 0 Å². The molecule has 0 aliphatic carbocycles. The molecule has 0 N–H and O–H groups in total. The van der Waals surface area contributed by atoms with Crippen LogP contribution in [0.25, 0.3) is 0 Å². The average molecular weight is 179 g/mol. The first-order valence-corrected chi connectivity index (χ1v) is 4.93. The SMILES string of the molecule is Cc1nc2n(c1N(C)C)CCCC2. The highest BCUT2D eigenvalue weighted by molar-refractivity contribution is 5.44. The van der Waals surface area contributed by atoms with Crippen molar-refractivity contribution < 1.29 is 0 Å². The van der Waals surface area contributed by atoms with Gasteiger partial charge in [0.1, 0.15) is 11.6 Å². The fraction of sp³-hybridized carbons (Fsp3) is 0.700. The lowest BCUT2D eigenvalue weighted by Crippen LogP contribution is -2.18. The maximum absolute atomic E-state index is 4.59. The first kappa shape index (κ1) is 8.60. The number of anilines is 1. The summed E-state index contributed by atoms with van der Waals surface area (Å²) in [6.07, 6.45) is 3.74. The summed E-state index contributed by atoms with van der Waals surface area (Å²) in [6.45, 7) is 3.24. The Morgan fingerprint density at radius 2 is 2.08 bits per heavy atom. The van der Waals surface area contributed by atoms with Crippen LogP contribution in [-0.4, -0.2) is 23.6 Å². The van der Waals surface area contributed by atoms with Crippen molar-refractivity contribution in [2.45, 2.75) is 32.7 Å². The van der Waals surface area contributed by atoms with Gasteiger partial charge in [-0.15, -0.1) is 0 Å². The Balaban J connectivity index is 2.48. The minimum absolute atomic E-state index is 1.14. The van der Waals surface area contributed by atoms with Gasteiger partial charge in [-0.25, -0.2) is 4.98 Å². The topological polar surface area (TPSA) is 21.1 Å². The summed E-state index contributed by atoms with van der Waals surface area (Å²) in [6, 6.07) is 0. The zero-order valence-corrected chi connectivity index (χ0v) is 8.67. The van der Waals surface area contributed by atoms with Gasteiger partial charge in [0.05, 0.1) is 5.69 Å². The molecule has 0 spiro atoms. The lowest BCUT2D eigenvalue weighted by Gasteiger charge is -2.20. The van der Waals surface area contributed by atoms with E-state index >= 15 is 0 Å². The molecular formula is C10H17N3. The second kappa shape index (κ2) is 3.05. The molecule has 72 valence electrons. The lowest BCUT2D eigenvalue weighted by atomic mass is 10.2. The van der Waals surface area contributed by atoms with Gasteiger partial charge in [-0.1, -0.05) is 0 Å². The third-order valence-electron chi connectivity index (χ3n) is 2.64. The highest BCUT2D eigenvalue weighted by Gasteiger charge is 2.17. The summed E-state index contributed by atoms with van der Waals surface area (Å²) in [5.74, 6) is 2.56. The summed E-state index contributed by atoms with van der Waals surface area (Å²) in [5.41, 5.74) is 1.17. The minimum atomic E-state index is 1.14. The molecular weight excluding hydrogens is 162 g/mol. The molecule has 0 saturated carbocycles. The smallest absolute Gasteiger partial charge is 0.131 e. The molecule has 2 rings (SSSR count). The van der Waals surface area contributed by atoms with Crippen LogP contribution in [0.4, 0.5) is 5.82 Å². The molecule has 3 heteroatoms. The van der Waals surface area contributed by atoms with Gasteiger partial charge in [0.2, 0.25) is 0 Å². The van der Waals surface area contributed by atoms with Crippen LogP contribution in [0.1, 0.15) is 24.4 Å². The molecule has 0 amide bonds. The maximum atomic E-state index is 4.59. The predicted octanol–water partition coefficient (Wildman–Crippen LogP) is 1.59. The van der Waals surface area contributed by atoms with Gasteiger partial charge in [-0.3, -0.25) is 0 Å². The summed E-state index contributed by atoms with van der Waals surface area (Å²) in [5, 5.41) is 0. The van der Waals surface area contributed by atoms with E-state index in [4.69, 9.17) is 0 Å². The Morgan fingerprint density at radius 3 is 2.77 bits per heavy atom. The molecule has 0 saturated heterocycles. The molecule has 2 heterocycles. The number of hydrogen-bond donors (Lipinski definition) is 0. The molecule has 0 radical (unpaired) electrons. The van der Waals surface area contributed by atoms with Crippen LogP contribution in [0, 0.1) is 6.92 Å². The van der Waals surface area contributed by atoms with Gasteiger partial charge in [-0.2, -0.15) is 0 Å². The second-order valence-electron chi connectivity index (χ2n) is 3.94. The van der Waals surface area contributed by atoms with Crippen LogP contribution in [0.3, 0.4) is 0 Å². The van der Waals surface area contributed by atoms with E-state index in [0.717, 1.165) is 13.0 Å². The first-order chi connectivity index (χ1) is 6.20. The highest BCUT2D eigenvalue weighted by atomic mass is 15.3. The zero-order chi connectivity index (χ0) is 9.42. The van der Waals surface area contributed by atoms with Crippen LogP contribution in [-0.2, 0) is 13.0 Å². The lowest BCUT2D eigenvalue weighted by molar-refractivity contribution is 0.522. The summed E-state index contributed by atoms with van der Waals surface area (Å²) in [4.78, 5) is 6.76. The number of rotatable bonds is 1. The van der Waals surface area contributed by atoms with Crippen molar-refractivity contribution in [2.75, 3.05) is 19.0 Å².